The van der Waals surface area contributed by atoms with Gasteiger partial charge in [-0.15, -0.1) is 0 Å². The zero-order valence-corrected chi connectivity index (χ0v) is 13.2. The van der Waals surface area contributed by atoms with E-state index in [0.717, 1.165) is 0 Å². The Morgan fingerprint density at radius 3 is 2.88 bits per heavy atom. The maximum atomic E-state index is 11.8. The second-order valence-electron chi connectivity index (χ2n) is 4.81. The summed E-state index contributed by atoms with van der Waals surface area (Å²) in [5.74, 6) is 1.20. The van der Waals surface area contributed by atoms with Gasteiger partial charge in [-0.05, 0) is 30.3 Å². The van der Waals surface area contributed by atoms with Crippen LogP contribution in [-0.2, 0) is 13.2 Å². The van der Waals surface area contributed by atoms with Crippen molar-refractivity contribution < 1.29 is 18.5 Å². The number of amides is 2. The van der Waals surface area contributed by atoms with E-state index in [0.29, 0.717) is 27.9 Å². The molecular weight excluding hydrogens is 334 g/mol. The smallest absolute Gasteiger partial charge is 0.319 e. The van der Waals surface area contributed by atoms with Gasteiger partial charge >= 0.3 is 6.03 Å². The number of nitrogens with zero attached hydrogens (tertiary/aromatic N) is 1. The third kappa shape index (κ3) is 4.30. The lowest BCUT2D eigenvalue weighted by Gasteiger charge is -2.10. The number of furan rings is 1. The van der Waals surface area contributed by atoms with E-state index in [1.165, 1.54) is 6.26 Å². The molecule has 8 heteroatoms. The highest BCUT2D eigenvalue weighted by Gasteiger charge is 2.08. The number of carbonyl (C=O) groups excluding carboxylic acids is 1. The van der Waals surface area contributed by atoms with Crippen LogP contribution >= 0.6 is 11.6 Å². The van der Waals surface area contributed by atoms with Crippen molar-refractivity contribution in [3.63, 3.8) is 0 Å². The Kier molecular flexibility index (Phi) is 5.02. The standard InChI is InChI=1S/C16H14ClN3O4/c17-14-8-11(19-16(21)18-9-12-5-7-24-20-12)3-4-15(14)23-10-13-2-1-6-22-13/h1-8H,9-10H2,(H2,18,19,21). The number of benzene rings is 1. The van der Waals surface area contributed by atoms with Gasteiger partial charge in [0, 0.05) is 11.8 Å². The molecule has 0 aliphatic heterocycles. The van der Waals surface area contributed by atoms with Gasteiger partial charge in [-0.25, -0.2) is 4.79 Å². The first kappa shape index (κ1) is 15.9. The zero-order valence-electron chi connectivity index (χ0n) is 12.5. The molecule has 0 fully saturated rings. The Labute approximate surface area is 142 Å². The fraction of sp³-hybridized carbons (Fsp3) is 0.125. The highest BCUT2D eigenvalue weighted by molar-refractivity contribution is 6.32. The van der Waals surface area contributed by atoms with Gasteiger partial charge in [0.05, 0.1) is 17.8 Å². The van der Waals surface area contributed by atoms with E-state index >= 15 is 0 Å². The molecule has 7 nitrogen and oxygen atoms in total. The average molecular weight is 348 g/mol. The van der Waals surface area contributed by atoms with E-state index in [2.05, 4.69) is 20.3 Å². The van der Waals surface area contributed by atoms with Gasteiger partial charge in [0.1, 0.15) is 30.1 Å². The third-order valence-electron chi connectivity index (χ3n) is 3.06. The van der Waals surface area contributed by atoms with E-state index < -0.39 is 0 Å². The van der Waals surface area contributed by atoms with Gasteiger partial charge in [0.25, 0.3) is 0 Å². The van der Waals surface area contributed by atoms with E-state index in [9.17, 15) is 4.79 Å². The number of carbonyl (C=O) groups is 1. The quantitative estimate of drug-likeness (QED) is 0.707. The van der Waals surface area contributed by atoms with E-state index in [1.807, 2.05) is 6.07 Å². The fourth-order valence-electron chi connectivity index (χ4n) is 1.91. The second kappa shape index (κ2) is 7.56. The molecular formula is C16H14ClN3O4. The van der Waals surface area contributed by atoms with Crippen LogP contribution in [-0.4, -0.2) is 11.2 Å². The van der Waals surface area contributed by atoms with Gasteiger partial charge in [0.2, 0.25) is 0 Å². The van der Waals surface area contributed by atoms with Crippen LogP contribution in [0.15, 0.2) is 57.9 Å². The van der Waals surface area contributed by atoms with Gasteiger partial charge in [-0.1, -0.05) is 16.8 Å². The van der Waals surface area contributed by atoms with E-state index in [4.69, 9.17) is 20.8 Å². The number of hydrogen-bond acceptors (Lipinski definition) is 5. The minimum Gasteiger partial charge on any atom is -0.484 e. The molecule has 0 saturated heterocycles. The SMILES string of the molecule is O=C(NCc1ccon1)Nc1ccc(OCc2ccco2)c(Cl)c1. The molecule has 2 N–H and O–H groups in total. The summed E-state index contributed by atoms with van der Waals surface area (Å²) < 4.78 is 15.4. The van der Waals surface area contributed by atoms with Gasteiger partial charge < -0.3 is 24.3 Å². The average Bonchev–Trinajstić information content (AvgIpc) is 3.26. The van der Waals surface area contributed by atoms with E-state index in [-0.39, 0.29) is 19.2 Å². The van der Waals surface area contributed by atoms with E-state index in [1.54, 1.807) is 36.6 Å². The Morgan fingerprint density at radius 1 is 1.25 bits per heavy atom. The molecule has 3 rings (SSSR count). The molecule has 0 unspecified atom stereocenters. The summed E-state index contributed by atoms with van der Waals surface area (Å²) in [4.78, 5) is 11.8. The maximum Gasteiger partial charge on any atom is 0.319 e. The number of nitrogens with one attached hydrogen (secondary N) is 2. The maximum absolute atomic E-state index is 11.8. The summed E-state index contributed by atoms with van der Waals surface area (Å²) in [6, 6.07) is 9.86. The van der Waals surface area contributed by atoms with Crippen LogP contribution in [0.1, 0.15) is 11.5 Å². The molecule has 0 aliphatic rings. The summed E-state index contributed by atoms with van der Waals surface area (Å²) in [5.41, 5.74) is 1.17. The molecule has 2 amide bonds. The van der Waals surface area contributed by atoms with Gasteiger partial charge in [-0.2, -0.15) is 0 Å². The summed E-state index contributed by atoms with van der Waals surface area (Å²) >= 11 is 6.16. The van der Waals surface area contributed by atoms with Crippen LogP contribution in [0.25, 0.3) is 0 Å². The van der Waals surface area contributed by atoms with Gasteiger partial charge in [0.15, 0.2) is 0 Å². The first-order valence-corrected chi connectivity index (χ1v) is 7.47. The Bertz CT molecular complexity index is 788. The molecule has 0 atom stereocenters. The van der Waals surface area contributed by atoms with Crippen molar-refractivity contribution in [2.24, 2.45) is 0 Å². The molecule has 0 aliphatic carbocycles. The molecule has 0 saturated carbocycles. The first-order chi connectivity index (χ1) is 11.7. The number of hydrogen-bond donors (Lipinski definition) is 2. The van der Waals surface area contributed by atoms with Crippen molar-refractivity contribution >= 4 is 23.3 Å². The van der Waals surface area contributed by atoms with Crippen molar-refractivity contribution in [2.75, 3.05) is 5.32 Å². The lowest BCUT2D eigenvalue weighted by Crippen LogP contribution is -2.28. The summed E-state index contributed by atoms with van der Waals surface area (Å²) in [6.07, 6.45) is 3.02. The number of urea groups is 1. The highest BCUT2D eigenvalue weighted by atomic mass is 35.5. The van der Waals surface area contributed by atoms with Crippen molar-refractivity contribution in [1.82, 2.24) is 10.5 Å². The molecule has 24 heavy (non-hydrogen) atoms. The van der Waals surface area contributed by atoms with Gasteiger partial charge in [-0.3, -0.25) is 0 Å². The highest BCUT2D eigenvalue weighted by Crippen LogP contribution is 2.28. The number of anilines is 1. The third-order valence-corrected chi connectivity index (χ3v) is 3.36. The Hall–Kier alpha value is -2.93. The summed E-state index contributed by atoms with van der Waals surface area (Å²) in [5, 5.41) is 9.41. The number of halogens is 1. The zero-order chi connectivity index (χ0) is 16.8. The van der Waals surface area contributed by atoms with Crippen LogP contribution in [0.4, 0.5) is 10.5 Å². The molecule has 0 bridgehead atoms. The molecule has 0 radical (unpaired) electrons. The molecule has 3 aromatic rings. The first-order valence-electron chi connectivity index (χ1n) is 7.09. The van der Waals surface area contributed by atoms with Crippen molar-refractivity contribution in [3.05, 3.63) is 65.4 Å². The monoisotopic (exact) mass is 347 g/mol. The number of ether oxygens (including phenoxy) is 1. The van der Waals surface area contributed by atoms with Crippen molar-refractivity contribution in [2.45, 2.75) is 13.2 Å². The van der Waals surface area contributed by atoms with Crippen LogP contribution < -0.4 is 15.4 Å². The van der Waals surface area contributed by atoms with Crippen LogP contribution in [0.2, 0.25) is 5.02 Å². The lowest BCUT2D eigenvalue weighted by atomic mass is 10.3. The predicted octanol–water partition coefficient (Wildman–Crippen LogP) is 3.82. The lowest BCUT2D eigenvalue weighted by molar-refractivity contribution is 0.251. The predicted molar refractivity (Wildman–Crippen MR) is 86.9 cm³/mol. The molecule has 1 aromatic carbocycles. The van der Waals surface area contributed by atoms with Crippen LogP contribution in [0.5, 0.6) is 5.75 Å². The molecule has 2 aromatic heterocycles. The molecule has 0 spiro atoms. The van der Waals surface area contributed by atoms with Crippen molar-refractivity contribution in [1.29, 1.82) is 0 Å². The summed E-state index contributed by atoms with van der Waals surface area (Å²) in [7, 11) is 0. The van der Waals surface area contributed by atoms with Crippen molar-refractivity contribution in [3.8, 4) is 5.75 Å². The minimum absolute atomic E-state index is 0.264. The Balaban J connectivity index is 1.52. The Morgan fingerprint density at radius 2 is 2.17 bits per heavy atom. The number of rotatable bonds is 6. The largest absolute Gasteiger partial charge is 0.484 e. The minimum atomic E-state index is -0.377. The normalized spacial score (nSPS) is 10.4. The molecule has 2 heterocycles. The van der Waals surface area contributed by atoms with Crippen LogP contribution in [0.3, 0.4) is 0 Å². The second-order valence-corrected chi connectivity index (χ2v) is 5.22. The topological polar surface area (TPSA) is 89.5 Å². The van der Waals surface area contributed by atoms with Crippen LogP contribution in [0, 0.1) is 0 Å². The fourth-order valence-corrected chi connectivity index (χ4v) is 2.15. The number of aromatic nitrogens is 1. The molecule has 124 valence electrons. The summed E-state index contributed by atoms with van der Waals surface area (Å²) in [6.45, 7) is 0.540.